The molecule has 1 aromatic heterocycles. The van der Waals surface area contributed by atoms with Gasteiger partial charge in [-0.25, -0.2) is 8.78 Å². The number of halogens is 3. The van der Waals surface area contributed by atoms with Gasteiger partial charge in [-0.3, -0.25) is 9.59 Å². The number of amides is 2. The van der Waals surface area contributed by atoms with Crippen LogP contribution in [0.3, 0.4) is 0 Å². The summed E-state index contributed by atoms with van der Waals surface area (Å²) >= 11 is 6.18. The molecular weight excluding hydrogens is 486 g/mol. The number of aromatic nitrogens is 1. The van der Waals surface area contributed by atoms with Crippen LogP contribution in [0.2, 0.25) is 5.15 Å². The molecule has 2 aromatic carbocycles. The van der Waals surface area contributed by atoms with E-state index in [2.05, 4.69) is 20.5 Å². The lowest BCUT2D eigenvalue weighted by Gasteiger charge is -2.14. The van der Waals surface area contributed by atoms with E-state index in [-0.39, 0.29) is 22.2 Å². The Morgan fingerprint density at radius 3 is 2.67 bits per heavy atom. The van der Waals surface area contributed by atoms with Crippen LogP contribution in [0, 0.1) is 11.6 Å². The van der Waals surface area contributed by atoms with Gasteiger partial charge in [0.1, 0.15) is 5.15 Å². The molecule has 3 aromatic rings. The quantitative estimate of drug-likeness (QED) is 0.297. The van der Waals surface area contributed by atoms with Crippen molar-refractivity contribution in [2.45, 2.75) is 19.3 Å². The minimum atomic E-state index is -0.999. The normalized spacial score (nSPS) is 16.4. The number of hydrogen-bond acceptors (Lipinski definition) is 3. The summed E-state index contributed by atoms with van der Waals surface area (Å²) in [5.41, 5.74) is 2.15. The van der Waals surface area contributed by atoms with E-state index in [1.165, 1.54) is 37.1 Å². The number of likely N-dealkylation sites (tertiary alicyclic amines) is 1. The van der Waals surface area contributed by atoms with Crippen molar-refractivity contribution in [3.8, 4) is 11.1 Å². The van der Waals surface area contributed by atoms with Gasteiger partial charge in [-0.2, -0.15) is 0 Å². The van der Waals surface area contributed by atoms with E-state index in [1.54, 1.807) is 18.2 Å². The highest BCUT2D eigenvalue weighted by molar-refractivity contribution is 6.36. The van der Waals surface area contributed by atoms with Crippen molar-refractivity contribution >= 4 is 40.8 Å². The number of H-pyrrole nitrogens is 1. The second-order valence-corrected chi connectivity index (χ2v) is 9.35. The monoisotopic (exact) mass is 510 g/mol. The van der Waals surface area contributed by atoms with Gasteiger partial charge in [0.25, 0.3) is 11.8 Å². The number of benzene rings is 2. The number of hydrogen-bond donors (Lipinski definition) is 3. The van der Waals surface area contributed by atoms with Crippen molar-refractivity contribution in [2.75, 3.05) is 31.5 Å². The van der Waals surface area contributed by atoms with Gasteiger partial charge >= 0.3 is 0 Å². The Hall–Kier alpha value is -3.49. The highest BCUT2D eigenvalue weighted by Crippen LogP contribution is 2.41. The molecule has 3 heterocycles. The molecular formula is C27H25ClF2N4O2. The first-order valence-corrected chi connectivity index (χ1v) is 12.3. The fourth-order valence-corrected chi connectivity index (χ4v) is 5.02. The van der Waals surface area contributed by atoms with Gasteiger partial charge in [-0.15, -0.1) is 0 Å². The third kappa shape index (κ3) is 4.79. The van der Waals surface area contributed by atoms with E-state index in [0.717, 1.165) is 32.1 Å². The fraction of sp³-hybridized carbons (Fsp3) is 0.259. The molecule has 9 heteroatoms. The minimum absolute atomic E-state index is 0.0368. The van der Waals surface area contributed by atoms with Crippen LogP contribution >= 0.6 is 11.6 Å². The topological polar surface area (TPSA) is 77.2 Å². The molecule has 1 saturated heterocycles. The maximum absolute atomic E-state index is 14.6. The predicted molar refractivity (Wildman–Crippen MR) is 137 cm³/mol. The second-order valence-electron chi connectivity index (χ2n) is 8.94. The highest BCUT2D eigenvalue weighted by Gasteiger charge is 2.29. The Balaban J connectivity index is 1.43. The molecule has 2 aliphatic rings. The van der Waals surface area contributed by atoms with E-state index >= 15 is 0 Å². The number of carbonyl (C=O) groups excluding carboxylic acids is 2. The molecule has 0 bridgehead atoms. The third-order valence-electron chi connectivity index (χ3n) is 6.55. The number of nitrogens with one attached hydrogen (secondary N) is 3. The Labute approximate surface area is 212 Å². The van der Waals surface area contributed by atoms with Gasteiger partial charge in [-0.1, -0.05) is 35.9 Å². The molecule has 186 valence electrons. The zero-order valence-corrected chi connectivity index (χ0v) is 20.2. The molecule has 1 fully saturated rings. The van der Waals surface area contributed by atoms with Crippen LogP contribution in [0.4, 0.5) is 14.5 Å². The average Bonchev–Trinajstić information content (AvgIpc) is 3.58. The molecule has 0 unspecified atom stereocenters. The van der Waals surface area contributed by atoms with Crippen LogP contribution in [0.15, 0.2) is 42.5 Å². The predicted octanol–water partition coefficient (Wildman–Crippen LogP) is 5.32. The van der Waals surface area contributed by atoms with Gasteiger partial charge < -0.3 is 20.5 Å². The number of rotatable bonds is 7. The lowest BCUT2D eigenvalue weighted by Crippen LogP contribution is -2.28. The van der Waals surface area contributed by atoms with Crippen LogP contribution in [-0.4, -0.2) is 47.9 Å². The molecule has 0 atom stereocenters. The third-order valence-corrected chi connectivity index (χ3v) is 6.76. The Bertz CT molecular complexity index is 1360. The summed E-state index contributed by atoms with van der Waals surface area (Å²) in [4.78, 5) is 31.1. The number of fused-ring (bicyclic) bond motifs is 1. The molecule has 3 N–H and O–H groups in total. The summed E-state index contributed by atoms with van der Waals surface area (Å²) in [7, 11) is 0. The van der Waals surface area contributed by atoms with Crippen LogP contribution in [-0.2, 0) is 4.79 Å². The largest absolute Gasteiger partial charge is 0.352 e. The van der Waals surface area contributed by atoms with E-state index in [9.17, 15) is 18.4 Å². The van der Waals surface area contributed by atoms with Gasteiger partial charge in [0.15, 0.2) is 11.6 Å². The zero-order valence-electron chi connectivity index (χ0n) is 19.5. The Morgan fingerprint density at radius 1 is 1.11 bits per heavy atom. The van der Waals surface area contributed by atoms with E-state index in [0.29, 0.717) is 34.6 Å². The van der Waals surface area contributed by atoms with E-state index in [4.69, 9.17) is 11.6 Å². The first-order chi connectivity index (χ1) is 17.4. The summed E-state index contributed by atoms with van der Waals surface area (Å²) in [5.74, 6) is -2.71. The summed E-state index contributed by atoms with van der Waals surface area (Å²) in [6, 6.07) is 10.4. The molecule has 2 aliphatic heterocycles. The number of nitrogens with zero attached hydrogens (tertiary/aromatic N) is 1. The average molecular weight is 511 g/mol. The molecule has 5 rings (SSSR count). The fourth-order valence-electron chi connectivity index (χ4n) is 4.81. The first kappa shape index (κ1) is 24.2. The molecule has 2 amide bonds. The van der Waals surface area contributed by atoms with Crippen LogP contribution < -0.4 is 10.6 Å². The molecule has 0 aliphatic carbocycles. The van der Waals surface area contributed by atoms with Gasteiger partial charge in [-0.05, 0) is 68.7 Å². The molecule has 36 heavy (non-hydrogen) atoms. The van der Waals surface area contributed by atoms with Crippen LogP contribution in [0.5, 0.6) is 0 Å². The molecule has 0 spiro atoms. The van der Waals surface area contributed by atoms with Gasteiger partial charge in [0.05, 0.1) is 16.8 Å². The standard InChI is InChI=1S/C27H25ClF2N4O2/c28-23-15-18(26(35)31-10-5-13-34-11-1-2-12-34)22(32-23)14-19-24-16(6-4-9-21(24)33-27(19)36)17-7-3-8-20(29)25(17)30/h3-4,6-9,14-15,32H,1-2,5,10-13H2,(H,31,35)(H,33,36)/b19-14-. The molecule has 0 radical (unpaired) electrons. The number of aromatic amines is 1. The lowest BCUT2D eigenvalue weighted by molar-refractivity contribution is -0.110. The van der Waals surface area contributed by atoms with Crippen LogP contribution in [0.25, 0.3) is 22.8 Å². The lowest BCUT2D eigenvalue weighted by atomic mass is 9.93. The summed E-state index contributed by atoms with van der Waals surface area (Å²) in [5, 5.41) is 5.92. The molecule has 0 saturated carbocycles. The van der Waals surface area contributed by atoms with Gasteiger partial charge in [0, 0.05) is 23.4 Å². The first-order valence-electron chi connectivity index (χ1n) is 11.9. The van der Waals surface area contributed by atoms with Crippen molar-refractivity contribution in [1.29, 1.82) is 0 Å². The van der Waals surface area contributed by atoms with E-state index in [1.807, 2.05) is 0 Å². The van der Waals surface area contributed by atoms with Crippen LogP contribution in [0.1, 0.15) is 40.9 Å². The Morgan fingerprint density at radius 2 is 1.86 bits per heavy atom. The minimum Gasteiger partial charge on any atom is -0.352 e. The summed E-state index contributed by atoms with van der Waals surface area (Å²) < 4.78 is 28.6. The van der Waals surface area contributed by atoms with Crippen molar-refractivity contribution in [3.05, 3.63) is 76.1 Å². The van der Waals surface area contributed by atoms with Crippen molar-refractivity contribution in [3.63, 3.8) is 0 Å². The number of anilines is 1. The summed E-state index contributed by atoms with van der Waals surface area (Å²) in [6.45, 7) is 3.65. The van der Waals surface area contributed by atoms with E-state index < -0.39 is 17.5 Å². The van der Waals surface area contributed by atoms with Crippen molar-refractivity contribution in [1.82, 2.24) is 15.2 Å². The van der Waals surface area contributed by atoms with Gasteiger partial charge in [0.2, 0.25) is 0 Å². The van der Waals surface area contributed by atoms with Crippen molar-refractivity contribution in [2.24, 2.45) is 0 Å². The maximum Gasteiger partial charge on any atom is 0.256 e. The zero-order chi connectivity index (χ0) is 25.2. The number of carbonyl (C=O) groups is 2. The molecule has 6 nitrogen and oxygen atoms in total. The SMILES string of the molecule is O=C1Nc2cccc(-c3cccc(F)c3F)c2/C1=C/c1[nH]c(Cl)cc1C(=O)NCCCN1CCCC1. The second kappa shape index (κ2) is 10.2. The highest BCUT2D eigenvalue weighted by atomic mass is 35.5. The summed E-state index contributed by atoms with van der Waals surface area (Å²) in [6.07, 6.45) is 4.79. The smallest absolute Gasteiger partial charge is 0.256 e. The Kier molecular flexibility index (Phi) is 6.89. The van der Waals surface area contributed by atoms with Crippen molar-refractivity contribution < 1.29 is 18.4 Å². The maximum atomic E-state index is 14.6.